The Morgan fingerprint density at radius 3 is 2.58 bits per heavy atom. The normalized spacial score (nSPS) is 12.8. The van der Waals surface area contributed by atoms with E-state index in [-0.39, 0.29) is 24.3 Å². The highest BCUT2D eigenvalue weighted by Gasteiger charge is 2.22. The summed E-state index contributed by atoms with van der Waals surface area (Å²) in [6.07, 6.45) is 3.57. The van der Waals surface area contributed by atoms with Crippen molar-refractivity contribution in [2.24, 2.45) is 0 Å². The van der Waals surface area contributed by atoms with Crippen LogP contribution in [0.15, 0.2) is 24.5 Å². The third-order valence-electron chi connectivity index (χ3n) is 2.56. The number of aliphatic carboxylic acids is 1. The van der Waals surface area contributed by atoms with Gasteiger partial charge in [-0.05, 0) is 38.8 Å². The van der Waals surface area contributed by atoms with E-state index < -0.39 is 11.9 Å². The van der Waals surface area contributed by atoms with Crippen LogP contribution in [0.3, 0.4) is 0 Å². The number of amides is 1. The summed E-state index contributed by atoms with van der Waals surface area (Å²) in [4.78, 5) is 26.8. The SMILES string of the molecule is CC(C)(C)NC(=O)CCC(C(=O)O)c1cccnc1. The molecule has 0 fully saturated rings. The number of nitrogens with one attached hydrogen (secondary N) is 1. The van der Waals surface area contributed by atoms with E-state index in [1.807, 2.05) is 20.8 Å². The first-order chi connectivity index (χ1) is 8.79. The number of carboxylic acids is 1. The van der Waals surface area contributed by atoms with Crippen LogP contribution < -0.4 is 5.32 Å². The molecule has 5 heteroatoms. The lowest BCUT2D eigenvalue weighted by atomic mass is 9.95. The molecule has 0 aliphatic rings. The second-order valence-electron chi connectivity index (χ2n) is 5.51. The standard InChI is InChI=1S/C14H20N2O3/c1-14(2,3)16-12(17)7-6-11(13(18)19)10-5-4-8-15-9-10/h4-5,8-9,11H,6-7H2,1-3H3,(H,16,17)(H,18,19). The van der Waals surface area contributed by atoms with Gasteiger partial charge < -0.3 is 10.4 Å². The number of rotatable bonds is 5. The molecule has 2 N–H and O–H groups in total. The van der Waals surface area contributed by atoms with Crippen molar-refractivity contribution in [2.75, 3.05) is 0 Å². The molecule has 0 aliphatic heterocycles. The molecular weight excluding hydrogens is 244 g/mol. The first kappa shape index (κ1) is 15.1. The van der Waals surface area contributed by atoms with E-state index in [9.17, 15) is 14.7 Å². The van der Waals surface area contributed by atoms with Gasteiger partial charge in [0.25, 0.3) is 0 Å². The van der Waals surface area contributed by atoms with Gasteiger partial charge in [0, 0.05) is 24.4 Å². The smallest absolute Gasteiger partial charge is 0.311 e. The summed E-state index contributed by atoms with van der Waals surface area (Å²) in [5.41, 5.74) is 0.322. The van der Waals surface area contributed by atoms with E-state index in [0.29, 0.717) is 5.56 Å². The fraction of sp³-hybridized carbons (Fsp3) is 0.500. The fourth-order valence-corrected chi connectivity index (χ4v) is 1.77. The third-order valence-corrected chi connectivity index (χ3v) is 2.56. The summed E-state index contributed by atoms with van der Waals surface area (Å²) in [6.45, 7) is 5.67. The molecule has 104 valence electrons. The Balaban J connectivity index is 2.62. The van der Waals surface area contributed by atoms with E-state index in [1.54, 1.807) is 18.3 Å². The average Bonchev–Trinajstić information content (AvgIpc) is 2.27. The lowest BCUT2D eigenvalue weighted by Crippen LogP contribution is -2.40. The van der Waals surface area contributed by atoms with Crippen LogP contribution >= 0.6 is 0 Å². The van der Waals surface area contributed by atoms with Crippen molar-refractivity contribution in [2.45, 2.75) is 45.1 Å². The minimum absolute atomic E-state index is 0.136. The van der Waals surface area contributed by atoms with Crippen LogP contribution in [0.4, 0.5) is 0 Å². The highest BCUT2D eigenvalue weighted by Crippen LogP contribution is 2.20. The summed E-state index contributed by atoms with van der Waals surface area (Å²) < 4.78 is 0. The molecule has 0 bridgehead atoms. The highest BCUT2D eigenvalue weighted by molar-refractivity contribution is 5.79. The van der Waals surface area contributed by atoms with Gasteiger partial charge in [0.15, 0.2) is 0 Å². The Morgan fingerprint density at radius 2 is 2.11 bits per heavy atom. The van der Waals surface area contributed by atoms with E-state index in [2.05, 4.69) is 10.3 Å². The summed E-state index contributed by atoms with van der Waals surface area (Å²) in [6, 6.07) is 3.41. The number of carbonyl (C=O) groups excluding carboxylic acids is 1. The van der Waals surface area contributed by atoms with E-state index in [1.165, 1.54) is 6.20 Å². The monoisotopic (exact) mass is 264 g/mol. The molecule has 1 unspecified atom stereocenters. The molecule has 1 amide bonds. The molecule has 0 saturated carbocycles. The first-order valence-corrected chi connectivity index (χ1v) is 6.23. The van der Waals surface area contributed by atoms with Crippen LogP contribution in [0, 0.1) is 0 Å². The predicted octanol–water partition coefficient (Wildman–Crippen LogP) is 1.94. The number of hydrogen-bond donors (Lipinski definition) is 2. The summed E-state index contributed by atoms with van der Waals surface area (Å²) in [7, 11) is 0. The molecule has 0 aromatic carbocycles. The summed E-state index contributed by atoms with van der Waals surface area (Å²) in [5, 5.41) is 12.0. The quantitative estimate of drug-likeness (QED) is 0.851. The van der Waals surface area contributed by atoms with Gasteiger partial charge in [-0.1, -0.05) is 6.07 Å². The Bertz CT molecular complexity index is 438. The Kier molecular flexibility index (Phi) is 5.03. The van der Waals surface area contributed by atoms with Crippen molar-refractivity contribution in [1.82, 2.24) is 10.3 Å². The van der Waals surface area contributed by atoms with Crippen molar-refractivity contribution in [3.8, 4) is 0 Å². The maximum Gasteiger partial charge on any atom is 0.311 e. The van der Waals surface area contributed by atoms with Crippen LogP contribution in [0.25, 0.3) is 0 Å². The third kappa shape index (κ3) is 5.50. The van der Waals surface area contributed by atoms with Crippen molar-refractivity contribution >= 4 is 11.9 Å². The second-order valence-corrected chi connectivity index (χ2v) is 5.51. The maximum atomic E-state index is 11.7. The van der Waals surface area contributed by atoms with Gasteiger partial charge in [0.1, 0.15) is 0 Å². The minimum atomic E-state index is -0.934. The van der Waals surface area contributed by atoms with E-state index in [0.717, 1.165) is 0 Å². The topological polar surface area (TPSA) is 79.3 Å². The van der Waals surface area contributed by atoms with Crippen molar-refractivity contribution in [3.05, 3.63) is 30.1 Å². The molecule has 19 heavy (non-hydrogen) atoms. The van der Waals surface area contributed by atoms with Crippen LogP contribution in [-0.4, -0.2) is 27.5 Å². The van der Waals surface area contributed by atoms with Crippen LogP contribution in [-0.2, 0) is 9.59 Å². The Hall–Kier alpha value is -1.91. The molecular formula is C14H20N2O3. The molecule has 0 aliphatic carbocycles. The van der Waals surface area contributed by atoms with Gasteiger partial charge in [-0.25, -0.2) is 0 Å². The lowest BCUT2D eigenvalue weighted by Gasteiger charge is -2.21. The molecule has 0 saturated heterocycles. The molecule has 1 rings (SSSR count). The fourth-order valence-electron chi connectivity index (χ4n) is 1.77. The van der Waals surface area contributed by atoms with Crippen LogP contribution in [0.1, 0.15) is 45.1 Å². The Labute approximate surface area is 113 Å². The van der Waals surface area contributed by atoms with Gasteiger partial charge in [-0.2, -0.15) is 0 Å². The summed E-state index contributed by atoms with van der Waals surface area (Å²) in [5.74, 6) is -1.77. The van der Waals surface area contributed by atoms with Gasteiger partial charge in [-0.15, -0.1) is 0 Å². The number of aromatic nitrogens is 1. The lowest BCUT2D eigenvalue weighted by molar-refractivity contribution is -0.139. The summed E-state index contributed by atoms with van der Waals surface area (Å²) >= 11 is 0. The van der Waals surface area contributed by atoms with Crippen molar-refractivity contribution in [1.29, 1.82) is 0 Å². The zero-order valence-corrected chi connectivity index (χ0v) is 11.5. The first-order valence-electron chi connectivity index (χ1n) is 6.23. The van der Waals surface area contributed by atoms with Gasteiger partial charge in [0.05, 0.1) is 5.92 Å². The van der Waals surface area contributed by atoms with Gasteiger partial charge in [-0.3, -0.25) is 14.6 Å². The van der Waals surface area contributed by atoms with Crippen LogP contribution in [0.5, 0.6) is 0 Å². The molecule has 5 nitrogen and oxygen atoms in total. The highest BCUT2D eigenvalue weighted by atomic mass is 16.4. The molecule has 0 spiro atoms. The predicted molar refractivity (Wildman–Crippen MR) is 71.7 cm³/mol. The maximum absolute atomic E-state index is 11.7. The van der Waals surface area contributed by atoms with Crippen LogP contribution in [0.2, 0.25) is 0 Å². The number of carbonyl (C=O) groups is 2. The number of hydrogen-bond acceptors (Lipinski definition) is 3. The molecule has 1 aromatic rings. The zero-order chi connectivity index (χ0) is 14.5. The van der Waals surface area contributed by atoms with E-state index >= 15 is 0 Å². The minimum Gasteiger partial charge on any atom is -0.481 e. The average molecular weight is 264 g/mol. The Morgan fingerprint density at radius 1 is 1.42 bits per heavy atom. The van der Waals surface area contributed by atoms with Gasteiger partial charge >= 0.3 is 5.97 Å². The second kappa shape index (κ2) is 6.31. The zero-order valence-electron chi connectivity index (χ0n) is 11.5. The number of pyridine rings is 1. The molecule has 1 atom stereocenters. The van der Waals surface area contributed by atoms with E-state index in [4.69, 9.17) is 0 Å². The van der Waals surface area contributed by atoms with Gasteiger partial charge in [0.2, 0.25) is 5.91 Å². The number of nitrogens with zero attached hydrogens (tertiary/aromatic N) is 1. The largest absolute Gasteiger partial charge is 0.481 e. The molecule has 0 radical (unpaired) electrons. The van der Waals surface area contributed by atoms with Crippen molar-refractivity contribution in [3.63, 3.8) is 0 Å². The molecule has 1 heterocycles. The molecule has 1 aromatic heterocycles. The van der Waals surface area contributed by atoms with Crippen molar-refractivity contribution < 1.29 is 14.7 Å². The number of carboxylic acid groups (broad SMARTS) is 1.